The highest BCUT2D eigenvalue weighted by Crippen LogP contribution is 2.48. The number of nitrogens with one attached hydrogen (secondary N) is 1. The van der Waals surface area contributed by atoms with Gasteiger partial charge in [-0.3, -0.25) is 4.79 Å². The van der Waals surface area contributed by atoms with Gasteiger partial charge in [-0.25, -0.2) is 0 Å². The zero-order valence-corrected chi connectivity index (χ0v) is 14.5. The summed E-state index contributed by atoms with van der Waals surface area (Å²) in [6.45, 7) is 3.26. The molecule has 1 saturated carbocycles. The van der Waals surface area contributed by atoms with Crippen LogP contribution in [0.15, 0.2) is 18.2 Å². The highest BCUT2D eigenvalue weighted by atomic mass is 35.5. The molecule has 1 aromatic carbocycles. The first-order valence-electron chi connectivity index (χ1n) is 8.02. The second-order valence-corrected chi connectivity index (χ2v) is 7.12. The third-order valence-corrected chi connectivity index (χ3v) is 4.45. The molecule has 0 bridgehead atoms. The summed E-state index contributed by atoms with van der Waals surface area (Å²) in [5.41, 5.74) is -3.17. The predicted octanol–water partition coefficient (Wildman–Crippen LogP) is 4.50. The molecule has 0 radical (unpaired) electrons. The van der Waals surface area contributed by atoms with Gasteiger partial charge in [0.2, 0.25) is 0 Å². The summed E-state index contributed by atoms with van der Waals surface area (Å²) >= 11 is 5.93. The van der Waals surface area contributed by atoms with Crippen LogP contribution in [0.3, 0.4) is 0 Å². The Hall–Kier alpha value is -1.71. The van der Waals surface area contributed by atoms with E-state index < -0.39 is 29.7 Å². The molecule has 1 aromatic rings. The number of carbonyl (C=O) groups excluding carboxylic acids is 1. The van der Waals surface area contributed by atoms with E-state index in [2.05, 4.69) is 17.2 Å². The number of carbonyl (C=O) groups is 1. The van der Waals surface area contributed by atoms with Crippen LogP contribution in [0.4, 0.5) is 18.9 Å². The topological polar surface area (TPSA) is 38.3 Å². The molecule has 1 heterocycles. The van der Waals surface area contributed by atoms with Crippen LogP contribution < -0.4 is 5.32 Å². The maximum Gasteiger partial charge on any atom is 0.433 e. The third-order valence-electron chi connectivity index (χ3n) is 4.22. The van der Waals surface area contributed by atoms with Crippen LogP contribution in [0.2, 0.25) is 5.02 Å². The largest absolute Gasteiger partial charge is 0.433 e. The molecule has 0 aromatic heterocycles. The van der Waals surface area contributed by atoms with Gasteiger partial charge in [0, 0.05) is 22.2 Å². The molecule has 1 aliphatic heterocycles. The molecular formula is C18H17ClF3NO2. The number of hydrogen-bond donors (Lipinski definition) is 1. The van der Waals surface area contributed by atoms with E-state index in [4.69, 9.17) is 16.3 Å². The molecule has 1 N–H and O–H groups in total. The number of alkyl halides is 3. The fourth-order valence-electron chi connectivity index (χ4n) is 2.69. The van der Waals surface area contributed by atoms with Crippen LogP contribution in [0.5, 0.6) is 0 Å². The van der Waals surface area contributed by atoms with E-state index in [0.717, 1.165) is 18.9 Å². The van der Waals surface area contributed by atoms with E-state index >= 15 is 0 Å². The summed E-state index contributed by atoms with van der Waals surface area (Å²) in [5, 5.41) is 2.63. The molecule has 3 rings (SSSR count). The van der Waals surface area contributed by atoms with Crippen molar-refractivity contribution in [2.75, 3.05) is 5.32 Å². The van der Waals surface area contributed by atoms with Crippen LogP contribution in [0, 0.1) is 23.7 Å². The van der Waals surface area contributed by atoms with Crippen molar-refractivity contribution in [3.8, 4) is 11.8 Å². The number of rotatable bonds is 1. The van der Waals surface area contributed by atoms with Gasteiger partial charge < -0.3 is 10.1 Å². The molecule has 0 unspecified atom stereocenters. The van der Waals surface area contributed by atoms with Crippen LogP contribution in [0.25, 0.3) is 0 Å². The quantitative estimate of drug-likeness (QED) is 0.738. The average Bonchev–Trinajstić information content (AvgIpc) is 3.32. The van der Waals surface area contributed by atoms with Crippen LogP contribution in [-0.4, -0.2) is 18.2 Å². The molecule has 2 aliphatic rings. The molecule has 1 aliphatic carbocycles. The maximum atomic E-state index is 14.2. The van der Waals surface area contributed by atoms with E-state index in [1.165, 1.54) is 12.1 Å². The second kappa shape index (κ2) is 6.22. The minimum Gasteiger partial charge on any atom is -0.336 e. The summed E-state index contributed by atoms with van der Waals surface area (Å²) in [4.78, 5) is 12.4. The molecule has 7 heteroatoms. The van der Waals surface area contributed by atoms with Crippen molar-refractivity contribution in [3.63, 3.8) is 0 Å². The lowest BCUT2D eigenvalue weighted by molar-refractivity contribution is -0.271. The van der Waals surface area contributed by atoms with Crippen molar-refractivity contribution >= 4 is 23.2 Å². The van der Waals surface area contributed by atoms with E-state index in [9.17, 15) is 18.0 Å². The molecule has 1 amide bonds. The number of anilines is 1. The predicted molar refractivity (Wildman–Crippen MR) is 88.0 cm³/mol. The van der Waals surface area contributed by atoms with Gasteiger partial charge in [0.25, 0.3) is 11.5 Å². The standard InChI is InChI=1S/C18H17ClF3NO2/c1-10(2)15-16(24)23-14-6-5-12(19)9-13(14)17(25-15,18(20,21)22)8-7-11-3-4-11/h5-6,9-11,15H,3-4H2,1-2H3,(H,23,24)/t15-,17-/m1/s1. The molecule has 2 atom stereocenters. The average molecular weight is 372 g/mol. The number of hydrogen-bond acceptors (Lipinski definition) is 2. The van der Waals surface area contributed by atoms with Crippen LogP contribution in [0.1, 0.15) is 32.3 Å². The smallest absolute Gasteiger partial charge is 0.336 e. The van der Waals surface area contributed by atoms with Gasteiger partial charge in [-0.2, -0.15) is 13.2 Å². The van der Waals surface area contributed by atoms with Crippen molar-refractivity contribution in [2.24, 2.45) is 11.8 Å². The van der Waals surface area contributed by atoms with E-state index in [1.54, 1.807) is 13.8 Å². The minimum absolute atomic E-state index is 0.0139. The Morgan fingerprint density at radius 3 is 2.60 bits per heavy atom. The van der Waals surface area contributed by atoms with Gasteiger partial charge in [-0.05, 0) is 37.0 Å². The lowest BCUT2D eigenvalue weighted by Crippen LogP contribution is -2.48. The monoisotopic (exact) mass is 371 g/mol. The number of amides is 1. The van der Waals surface area contributed by atoms with Gasteiger partial charge in [-0.15, -0.1) is 0 Å². The molecular weight excluding hydrogens is 355 g/mol. The summed E-state index contributed by atoms with van der Waals surface area (Å²) in [5.74, 6) is 3.83. The van der Waals surface area contributed by atoms with E-state index in [-0.39, 0.29) is 22.2 Å². The Kier molecular flexibility index (Phi) is 4.50. The Labute approximate surface area is 148 Å². The third kappa shape index (κ3) is 3.36. The first-order chi connectivity index (χ1) is 11.6. The van der Waals surface area contributed by atoms with Gasteiger partial charge in [0.1, 0.15) is 6.10 Å². The number of fused-ring (bicyclic) bond motifs is 1. The first kappa shape index (κ1) is 18.1. The fraction of sp³-hybridized carbons (Fsp3) is 0.500. The summed E-state index contributed by atoms with van der Waals surface area (Å²) in [7, 11) is 0. The summed E-state index contributed by atoms with van der Waals surface area (Å²) in [6.07, 6.45) is -4.59. The fourth-order valence-corrected chi connectivity index (χ4v) is 2.86. The highest BCUT2D eigenvalue weighted by molar-refractivity contribution is 6.30. The maximum absolute atomic E-state index is 14.2. The molecule has 134 valence electrons. The number of ether oxygens (including phenoxy) is 1. The van der Waals surface area contributed by atoms with Crippen molar-refractivity contribution in [3.05, 3.63) is 28.8 Å². The van der Waals surface area contributed by atoms with E-state index in [0.29, 0.717) is 0 Å². The van der Waals surface area contributed by atoms with Crippen LogP contribution in [-0.2, 0) is 15.1 Å². The normalized spacial score (nSPS) is 26.4. The SMILES string of the molecule is CC(C)[C@H]1O[C@@](C#CC2CC2)(C(F)(F)F)c2cc(Cl)ccc2NC1=O. The first-order valence-corrected chi connectivity index (χ1v) is 8.40. The molecule has 3 nitrogen and oxygen atoms in total. The van der Waals surface area contributed by atoms with Gasteiger partial charge in [0.15, 0.2) is 0 Å². The Balaban J connectivity index is 2.26. The Morgan fingerprint density at radius 2 is 2.04 bits per heavy atom. The molecule has 1 fully saturated rings. The lowest BCUT2D eigenvalue weighted by atomic mass is 9.91. The molecule has 0 spiro atoms. The summed E-state index contributed by atoms with van der Waals surface area (Å²) < 4.78 is 48.1. The van der Waals surface area contributed by atoms with Gasteiger partial charge >= 0.3 is 6.18 Å². The van der Waals surface area contributed by atoms with Crippen molar-refractivity contribution in [2.45, 2.75) is 44.6 Å². The highest BCUT2D eigenvalue weighted by Gasteiger charge is 2.61. The zero-order chi connectivity index (χ0) is 18.4. The van der Waals surface area contributed by atoms with Gasteiger partial charge in [0.05, 0.1) is 0 Å². The number of benzene rings is 1. The second-order valence-electron chi connectivity index (χ2n) is 6.68. The van der Waals surface area contributed by atoms with Crippen molar-refractivity contribution < 1.29 is 22.7 Å². The summed E-state index contributed by atoms with van der Waals surface area (Å²) in [6, 6.07) is 3.93. The molecule has 0 saturated heterocycles. The Morgan fingerprint density at radius 1 is 1.36 bits per heavy atom. The zero-order valence-electron chi connectivity index (χ0n) is 13.7. The minimum atomic E-state index is -4.84. The van der Waals surface area contributed by atoms with Crippen LogP contribution >= 0.6 is 11.6 Å². The lowest BCUT2D eigenvalue weighted by Gasteiger charge is -2.34. The van der Waals surface area contributed by atoms with E-state index in [1.807, 2.05) is 0 Å². The molecule has 25 heavy (non-hydrogen) atoms. The van der Waals surface area contributed by atoms with Crippen molar-refractivity contribution in [1.82, 2.24) is 0 Å². The Bertz CT molecular complexity index is 762. The van der Waals surface area contributed by atoms with Gasteiger partial charge in [-0.1, -0.05) is 37.3 Å². The van der Waals surface area contributed by atoms with Crippen molar-refractivity contribution in [1.29, 1.82) is 0 Å². The number of halogens is 4.